The summed E-state index contributed by atoms with van der Waals surface area (Å²) in [6.07, 6.45) is 1.45. The van der Waals surface area contributed by atoms with Gasteiger partial charge < -0.3 is 9.47 Å². The third kappa shape index (κ3) is 3.91. The van der Waals surface area contributed by atoms with Crippen molar-refractivity contribution in [3.8, 4) is 0 Å². The molecule has 2 rings (SSSR count). The fourth-order valence-corrected chi connectivity index (χ4v) is 1.87. The van der Waals surface area contributed by atoms with E-state index in [1.165, 1.54) is 11.5 Å². The lowest BCUT2D eigenvalue weighted by molar-refractivity contribution is -0.434. The first-order chi connectivity index (χ1) is 9.15. The van der Waals surface area contributed by atoms with Gasteiger partial charge >= 0.3 is 12.1 Å². The summed E-state index contributed by atoms with van der Waals surface area (Å²) in [5.74, 6) is -0.347. The maximum Gasteiger partial charge on any atom is 0.596 e. The van der Waals surface area contributed by atoms with E-state index in [9.17, 15) is 9.59 Å². The molecule has 0 radical (unpaired) electrons. The molecule has 19 heavy (non-hydrogen) atoms. The smallest absolute Gasteiger partial charge is 0.452 e. The van der Waals surface area contributed by atoms with Crippen LogP contribution in [0.3, 0.4) is 0 Å². The van der Waals surface area contributed by atoms with Gasteiger partial charge in [-0.1, -0.05) is 30.3 Å². The van der Waals surface area contributed by atoms with Crippen molar-refractivity contribution in [2.24, 2.45) is 0 Å². The molecule has 1 aliphatic heterocycles. The van der Waals surface area contributed by atoms with E-state index < -0.39 is 6.09 Å². The first kappa shape index (κ1) is 13.3. The second kappa shape index (κ2) is 6.13. The Hall–Kier alpha value is -2.17. The van der Waals surface area contributed by atoms with Gasteiger partial charge in [-0.05, 0) is 5.56 Å². The van der Waals surface area contributed by atoms with Crippen molar-refractivity contribution in [1.82, 2.24) is 0 Å². The minimum absolute atomic E-state index is 0.238. The van der Waals surface area contributed by atoms with Gasteiger partial charge in [-0.2, -0.15) is 4.79 Å². The molecule has 0 unspecified atom stereocenters. The van der Waals surface area contributed by atoms with Crippen molar-refractivity contribution < 1.29 is 23.6 Å². The van der Waals surface area contributed by atoms with Gasteiger partial charge in [0.05, 0.1) is 6.42 Å². The number of carbonyl (C=O) groups excluding carboxylic acids is 2. The van der Waals surface area contributed by atoms with Gasteiger partial charge in [-0.15, -0.1) is 4.58 Å². The molecule has 5 heteroatoms. The van der Waals surface area contributed by atoms with E-state index in [1.54, 1.807) is 6.21 Å². The highest BCUT2D eigenvalue weighted by atomic mass is 16.6. The van der Waals surface area contributed by atoms with Crippen LogP contribution in [0.1, 0.15) is 18.9 Å². The number of ether oxygens (including phenoxy) is 2. The average molecular weight is 262 g/mol. The van der Waals surface area contributed by atoms with Gasteiger partial charge in [0.25, 0.3) is 0 Å². The predicted molar refractivity (Wildman–Crippen MR) is 68.0 cm³/mol. The zero-order chi connectivity index (χ0) is 13.7. The zero-order valence-electron chi connectivity index (χ0n) is 10.7. The number of benzene rings is 1. The van der Waals surface area contributed by atoms with E-state index in [0.717, 1.165) is 5.56 Å². The molecule has 1 aromatic rings. The molecule has 0 N–H and O–H groups in total. The molecular formula is C14H16NO4+. The Balaban J connectivity index is 1.85. The summed E-state index contributed by atoms with van der Waals surface area (Å²) in [6, 6.07) is 9.47. The molecule has 0 fully saturated rings. The average Bonchev–Trinajstić information content (AvgIpc) is 2.85. The molecule has 0 spiro atoms. The van der Waals surface area contributed by atoms with Crippen molar-refractivity contribution in [2.75, 3.05) is 6.54 Å². The van der Waals surface area contributed by atoms with Crippen molar-refractivity contribution in [2.45, 2.75) is 26.1 Å². The van der Waals surface area contributed by atoms with Crippen LogP contribution in [-0.4, -0.2) is 35.5 Å². The van der Waals surface area contributed by atoms with Gasteiger partial charge in [0.15, 0.2) is 18.9 Å². The number of nitrogens with zero attached hydrogens (tertiary/aromatic N) is 1. The predicted octanol–water partition coefficient (Wildman–Crippen LogP) is 1.74. The maximum atomic E-state index is 11.8. The second-order valence-electron chi connectivity index (χ2n) is 4.32. The monoisotopic (exact) mass is 262 g/mol. The topological polar surface area (TPSA) is 55.6 Å². The highest BCUT2D eigenvalue weighted by molar-refractivity contribution is 5.74. The summed E-state index contributed by atoms with van der Waals surface area (Å²) in [4.78, 5) is 22.6. The second-order valence-corrected chi connectivity index (χ2v) is 4.32. The molecule has 0 bridgehead atoms. The molecule has 0 saturated heterocycles. The van der Waals surface area contributed by atoms with Gasteiger partial charge in [-0.3, -0.25) is 4.79 Å². The molecule has 1 aliphatic rings. The van der Waals surface area contributed by atoms with E-state index in [-0.39, 0.29) is 18.7 Å². The highest BCUT2D eigenvalue weighted by Gasteiger charge is 2.31. The maximum absolute atomic E-state index is 11.8. The Kier molecular flexibility index (Phi) is 4.28. The number of hydrogen-bond acceptors (Lipinski definition) is 4. The molecule has 0 saturated carbocycles. The lowest BCUT2D eigenvalue weighted by atomic mass is 10.2. The standard InChI is InChI=1S/C14H16NO4/c1-11(16)19-13-7-8-15(9-13)14(17)18-10-12-5-3-2-4-6-12/h2-6,9,13H,7-8,10H2,1H3/q+1/t13-/m0/s1. The van der Waals surface area contributed by atoms with Crippen LogP contribution in [-0.2, 0) is 20.9 Å². The Bertz CT molecular complexity index is 495. The molecule has 1 heterocycles. The summed E-state index contributed by atoms with van der Waals surface area (Å²) < 4.78 is 11.6. The summed E-state index contributed by atoms with van der Waals surface area (Å²) in [6.45, 7) is 2.10. The summed E-state index contributed by atoms with van der Waals surface area (Å²) in [7, 11) is 0. The van der Waals surface area contributed by atoms with Crippen LogP contribution in [0.5, 0.6) is 0 Å². The van der Waals surface area contributed by atoms with E-state index in [4.69, 9.17) is 9.47 Å². The van der Waals surface area contributed by atoms with Crippen LogP contribution in [0.4, 0.5) is 4.79 Å². The van der Waals surface area contributed by atoms with Gasteiger partial charge in [0.2, 0.25) is 0 Å². The number of rotatable bonds is 3. The summed E-state index contributed by atoms with van der Waals surface area (Å²) in [5, 5.41) is 0. The van der Waals surface area contributed by atoms with Crippen LogP contribution in [0, 0.1) is 0 Å². The molecule has 0 aliphatic carbocycles. The Morgan fingerprint density at radius 2 is 2.05 bits per heavy atom. The number of esters is 1. The Morgan fingerprint density at radius 1 is 1.32 bits per heavy atom. The molecule has 0 aromatic heterocycles. The third-order valence-corrected chi connectivity index (χ3v) is 2.76. The molecule has 1 amide bonds. The van der Waals surface area contributed by atoms with E-state index in [2.05, 4.69) is 0 Å². The highest BCUT2D eigenvalue weighted by Crippen LogP contribution is 2.07. The third-order valence-electron chi connectivity index (χ3n) is 2.76. The van der Waals surface area contributed by atoms with Gasteiger partial charge in [0, 0.05) is 6.92 Å². The normalized spacial score (nSPS) is 17.7. The molecule has 5 nitrogen and oxygen atoms in total. The first-order valence-corrected chi connectivity index (χ1v) is 6.14. The Labute approximate surface area is 111 Å². The summed E-state index contributed by atoms with van der Waals surface area (Å²) in [5.41, 5.74) is 0.937. The lowest BCUT2D eigenvalue weighted by Gasteiger charge is -2.01. The van der Waals surface area contributed by atoms with Crippen molar-refractivity contribution >= 4 is 18.3 Å². The number of carbonyl (C=O) groups is 2. The van der Waals surface area contributed by atoms with Crippen LogP contribution < -0.4 is 0 Å². The largest absolute Gasteiger partial charge is 0.596 e. The fraction of sp³-hybridized carbons (Fsp3) is 0.357. The fourth-order valence-electron chi connectivity index (χ4n) is 1.87. The Morgan fingerprint density at radius 3 is 2.74 bits per heavy atom. The van der Waals surface area contributed by atoms with Crippen molar-refractivity contribution in [3.63, 3.8) is 0 Å². The van der Waals surface area contributed by atoms with Crippen molar-refractivity contribution in [3.05, 3.63) is 35.9 Å². The quantitative estimate of drug-likeness (QED) is 0.615. The molecule has 100 valence electrons. The minimum Gasteiger partial charge on any atom is -0.452 e. The van der Waals surface area contributed by atoms with E-state index in [0.29, 0.717) is 13.0 Å². The van der Waals surface area contributed by atoms with E-state index >= 15 is 0 Å². The lowest BCUT2D eigenvalue weighted by Crippen LogP contribution is -2.21. The van der Waals surface area contributed by atoms with Crippen molar-refractivity contribution in [1.29, 1.82) is 0 Å². The van der Waals surface area contributed by atoms with Gasteiger partial charge in [0.1, 0.15) is 6.61 Å². The molecular weight excluding hydrogens is 246 g/mol. The minimum atomic E-state index is -0.418. The molecule has 1 aromatic carbocycles. The number of hydrogen-bond donors (Lipinski definition) is 0. The summed E-state index contributed by atoms with van der Waals surface area (Å²) >= 11 is 0. The van der Waals surface area contributed by atoms with Gasteiger partial charge in [-0.25, -0.2) is 0 Å². The van der Waals surface area contributed by atoms with Crippen LogP contribution in [0.25, 0.3) is 0 Å². The SMILES string of the molecule is CC(=O)O[C@@H]1C=[N+](C(=O)OCc2ccccc2)CC1. The van der Waals surface area contributed by atoms with Crippen LogP contribution >= 0.6 is 0 Å². The number of amides is 1. The van der Waals surface area contributed by atoms with E-state index in [1.807, 2.05) is 30.3 Å². The van der Waals surface area contributed by atoms with Crippen LogP contribution in [0.2, 0.25) is 0 Å². The molecule has 1 atom stereocenters. The van der Waals surface area contributed by atoms with Crippen LogP contribution in [0.15, 0.2) is 30.3 Å². The first-order valence-electron chi connectivity index (χ1n) is 6.14. The zero-order valence-corrected chi connectivity index (χ0v) is 10.7.